The molecule has 8 rings (SSSR count). The summed E-state index contributed by atoms with van der Waals surface area (Å²) in [5.41, 5.74) is 12.3. The third kappa shape index (κ3) is 12.1. The van der Waals surface area contributed by atoms with Gasteiger partial charge in [-0.05, 0) is 54.2 Å². The van der Waals surface area contributed by atoms with Crippen molar-refractivity contribution in [3.8, 4) is 33.3 Å². The van der Waals surface area contributed by atoms with E-state index in [1.54, 1.807) is 29.5 Å². The summed E-state index contributed by atoms with van der Waals surface area (Å²) in [6, 6.07) is 21.1. The van der Waals surface area contributed by atoms with E-state index in [9.17, 15) is 24.6 Å². The Hall–Kier alpha value is -6.45. The molecule has 0 saturated carbocycles. The van der Waals surface area contributed by atoms with E-state index in [4.69, 9.17) is 29.7 Å². The lowest BCUT2D eigenvalue weighted by Crippen LogP contribution is -2.58. The molecule has 0 radical (unpaired) electrons. The van der Waals surface area contributed by atoms with Gasteiger partial charge in [-0.1, -0.05) is 63.2 Å². The van der Waals surface area contributed by atoms with Crippen LogP contribution >= 0.6 is 11.3 Å². The average Bonchev–Trinajstić information content (AvgIpc) is 4.17. The number of phenols is 1. The number of aromatic nitrogens is 4. The van der Waals surface area contributed by atoms with Crippen molar-refractivity contribution in [3.05, 3.63) is 89.6 Å². The number of piperazine rings is 1. The number of amides is 3. The van der Waals surface area contributed by atoms with Crippen LogP contribution in [-0.4, -0.2) is 149 Å². The molecule has 3 aliphatic heterocycles. The highest BCUT2D eigenvalue weighted by Crippen LogP contribution is 2.40. The molecular formula is C50H62N10O9S. The van der Waals surface area contributed by atoms with Crippen LogP contribution in [0.15, 0.2) is 78.3 Å². The summed E-state index contributed by atoms with van der Waals surface area (Å²) in [5.74, 6) is 0.525. The molecular weight excluding hydrogens is 917 g/mol. The number of pyridine rings is 1. The number of nitrogens with one attached hydrogen (secondary N) is 2. The van der Waals surface area contributed by atoms with Gasteiger partial charge >= 0.3 is 0 Å². The Labute approximate surface area is 411 Å². The number of carbonyl (C=O) groups is 3. The maximum atomic E-state index is 14.0. The Bertz CT molecular complexity index is 2590. The summed E-state index contributed by atoms with van der Waals surface area (Å²) in [4.78, 5) is 56.5. The number of likely N-dealkylation sites (tertiary alicyclic amines) is 1. The Morgan fingerprint density at radius 2 is 1.59 bits per heavy atom. The average molecular weight is 979 g/mol. The molecule has 70 heavy (non-hydrogen) atoms. The molecule has 3 aromatic heterocycles. The van der Waals surface area contributed by atoms with Gasteiger partial charge in [0.15, 0.2) is 5.82 Å². The number of benzene rings is 2. The third-order valence-corrected chi connectivity index (χ3v) is 13.7. The second-order valence-electron chi connectivity index (χ2n) is 18.8. The first kappa shape index (κ1) is 50.0. The maximum absolute atomic E-state index is 14.0. The molecule has 2 bridgehead atoms. The van der Waals surface area contributed by atoms with Crippen molar-refractivity contribution in [1.29, 1.82) is 0 Å². The highest BCUT2D eigenvalue weighted by Gasteiger charge is 2.46. The van der Waals surface area contributed by atoms with E-state index in [-0.39, 0.29) is 63.1 Å². The van der Waals surface area contributed by atoms with Crippen LogP contribution in [0.1, 0.15) is 44.9 Å². The van der Waals surface area contributed by atoms with E-state index >= 15 is 0 Å². The summed E-state index contributed by atoms with van der Waals surface area (Å²) in [5, 5.41) is 35.1. The summed E-state index contributed by atoms with van der Waals surface area (Å²) in [7, 11) is 0. The van der Waals surface area contributed by atoms with Crippen LogP contribution in [0.3, 0.4) is 0 Å². The number of hydrogen-bond donors (Lipinski definition) is 5. The predicted octanol–water partition coefficient (Wildman–Crippen LogP) is 3.96. The van der Waals surface area contributed by atoms with Gasteiger partial charge in [-0.3, -0.25) is 14.4 Å². The number of β-amino-alcohol motifs (C(OH)–C–C–N with tert-alkyl or cyclic N) is 1. The number of hydrogen-bond acceptors (Lipinski definition) is 17. The fourth-order valence-electron chi connectivity index (χ4n) is 9.12. The molecule has 3 aliphatic rings. The predicted molar refractivity (Wildman–Crippen MR) is 264 cm³/mol. The minimum absolute atomic E-state index is 0.0199. The first-order valence-electron chi connectivity index (χ1n) is 23.6. The van der Waals surface area contributed by atoms with Crippen LogP contribution in [-0.2, 0) is 35.1 Å². The van der Waals surface area contributed by atoms with E-state index < -0.39 is 35.4 Å². The third-order valence-electron chi connectivity index (χ3n) is 12.7. The number of para-hydroxylation sites is 1. The van der Waals surface area contributed by atoms with Crippen LogP contribution in [0.2, 0.25) is 0 Å². The number of fused-ring (bicyclic) bond motifs is 2. The number of thiazole rings is 1. The van der Waals surface area contributed by atoms with Crippen LogP contribution in [0.25, 0.3) is 21.7 Å². The highest BCUT2D eigenvalue weighted by molar-refractivity contribution is 7.13. The zero-order valence-corrected chi connectivity index (χ0v) is 40.8. The largest absolute Gasteiger partial charge is 0.507 e. The molecule has 19 nitrogen and oxygen atoms in total. The number of aliphatic hydroxyl groups is 1. The molecule has 3 amide bonds. The lowest BCUT2D eigenvalue weighted by Gasteiger charge is -2.36. The van der Waals surface area contributed by atoms with Crippen molar-refractivity contribution in [3.63, 3.8) is 0 Å². The zero-order chi connectivity index (χ0) is 49.4. The molecule has 0 spiro atoms. The minimum Gasteiger partial charge on any atom is -0.507 e. The molecule has 3 fully saturated rings. The molecule has 2 aromatic carbocycles. The van der Waals surface area contributed by atoms with E-state index in [0.717, 1.165) is 52.7 Å². The second-order valence-corrected chi connectivity index (χ2v) is 19.6. The smallest absolute Gasteiger partial charge is 0.246 e. The molecule has 3 saturated heterocycles. The van der Waals surface area contributed by atoms with Gasteiger partial charge in [-0.25, -0.2) is 4.98 Å². The van der Waals surface area contributed by atoms with Crippen molar-refractivity contribution in [1.82, 2.24) is 35.7 Å². The van der Waals surface area contributed by atoms with E-state index in [2.05, 4.69) is 35.6 Å². The molecule has 0 aliphatic carbocycles. The summed E-state index contributed by atoms with van der Waals surface area (Å²) >= 11 is 1.57. The number of ether oxygens (including phenoxy) is 4. The number of nitrogens with zero attached hydrogens (tertiary/aromatic N) is 7. The fraction of sp³-hybridized carbons (Fsp3) is 0.460. The van der Waals surface area contributed by atoms with E-state index in [1.165, 1.54) is 4.90 Å². The highest BCUT2D eigenvalue weighted by atomic mass is 32.1. The second kappa shape index (κ2) is 22.5. The standard InChI is InChI=1S/C50H62N10O9S/c1-31-45(70-30-53-31)33-14-12-32(13-15-33)25-52-48(64)40-23-36(61)28-60(40)49(65)46(50(2,3)4)55-43(63)29-68-19-18-66-16-17-67-20-21-69-44-11-7-10-42(54-44)59-27-34-22-35(59)26-58(34)39-24-38(56-57-47(39)51)37-8-5-6-9-41(37)62/h5-15,24,30,34-36,40,46,61-62H,16-23,25-29H2,1-4H3,(H2,51,57)(H,52,64)(H,55,63)/t34-,35-,36-,40+,46?/m1/s1. The van der Waals surface area contributed by atoms with E-state index in [1.807, 2.05) is 87.8 Å². The van der Waals surface area contributed by atoms with Crippen molar-refractivity contribution in [2.45, 2.75) is 77.4 Å². The molecule has 1 unspecified atom stereocenters. The monoisotopic (exact) mass is 978 g/mol. The SMILES string of the molecule is Cc1ncsc1-c1ccc(CNC(=O)[C@@H]2C[C@@H](O)CN2C(=O)C(NC(=O)COCCOCCOCCOc2cccc(N3C[C@H]4C[C@@H]3CN4c3cc(-c4ccccc4O)nnc3N)n2)C(C)(C)C)cc1. The molecule has 5 aromatic rings. The summed E-state index contributed by atoms with van der Waals surface area (Å²) in [6.07, 6.45) is 0.164. The number of rotatable bonds is 21. The Kier molecular flexibility index (Phi) is 16.1. The Balaban J connectivity index is 0.696. The normalized spacial score (nSPS) is 19.1. The Morgan fingerprint density at radius 1 is 0.871 bits per heavy atom. The van der Waals surface area contributed by atoms with Crippen LogP contribution < -0.4 is 30.9 Å². The van der Waals surface area contributed by atoms with Crippen LogP contribution in [0.4, 0.5) is 17.3 Å². The Morgan fingerprint density at radius 3 is 2.29 bits per heavy atom. The van der Waals surface area contributed by atoms with Crippen molar-refractivity contribution in [2.24, 2.45) is 5.41 Å². The van der Waals surface area contributed by atoms with Gasteiger partial charge in [0.1, 0.15) is 36.9 Å². The fourth-order valence-corrected chi connectivity index (χ4v) is 9.93. The lowest BCUT2D eigenvalue weighted by molar-refractivity contribution is -0.144. The van der Waals surface area contributed by atoms with Gasteiger partial charge in [0.05, 0.1) is 72.6 Å². The van der Waals surface area contributed by atoms with Crippen molar-refractivity contribution >= 4 is 46.4 Å². The molecule has 6 N–H and O–H groups in total. The molecule has 5 atom stereocenters. The van der Waals surface area contributed by atoms with Gasteiger partial charge in [0, 0.05) is 50.3 Å². The number of aliphatic hydroxyl groups excluding tert-OH is 1. The lowest BCUT2D eigenvalue weighted by atomic mass is 9.85. The van der Waals surface area contributed by atoms with Gasteiger partial charge in [0.25, 0.3) is 0 Å². The quantitative estimate of drug-likeness (QED) is 0.0654. The number of phenolic OH excluding ortho intramolecular Hbond substituents is 1. The van der Waals surface area contributed by atoms with Gasteiger partial charge in [-0.15, -0.1) is 21.5 Å². The maximum Gasteiger partial charge on any atom is 0.246 e. The molecule has 372 valence electrons. The molecule has 20 heteroatoms. The van der Waals surface area contributed by atoms with Crippen LogP contribution in [0, 0.1) is 12.3 Å². The summed E-state index contributed by atoms with van der Waals surface area (Å²) < 4.78 is 22.8. The van der Waals surface area contributed by atoms with Gasteiger partial charge in [-0.2, -0.15) is 4.98 Å². The van der Waals surface area contributed by atoms with Crippen molar-refractivity contribution in [2.75, 3.05) is 81.4 Å². The van der Waals surface area contributed by atoms with Gasteiger partial charge in [0.2, 0.25) is 23.6 Å². The first-order chi connectivity index (χ1) is 33.7. The van der Waals surface area contributed by atoms with Crippen molar-refractivity contribution < 1.29 is 43.5 Å². The van der Waals surface area contributed by atoms with E-state index in [0.29, 0.717) is 49.4 Å². The minimum atomic E-state index is -0.971. The van der Waals surface area contributed by atoms with Crippen LogP contribution in [0.5, 0.6) is 11.6 Å². The first-order valence-corrected chi connectivity index (χ1v) is 24.4. The number of aromatic hydroxyl groups is 1. The van der Waals surface area contributed by atoms with Gasteiger partial charge < -0.3 is 60.2 Å². The zero-order valence-electron chi connectivity index (χ0n) is 40.0. The molecule has 6 heterocycles. The summed E-state index contributed by atoms with van der Waals surface area (Å²) in [6.45, 7) is 10.5. The number of aryl methyl sites for hydroxylation is 1. The number of anilines is 3. The number of nitrogens with two attached hydrogens (primary N) is 1. The topological polar surface area (TPSA) is 240 Å². The number of carbonyl (C=O) groups excluding carboxylic acids is 3. The number of nitrogen functional groups attached to an aromatic ring is 1.